The normalized spacial score (nSPS) is 10.9. The molecule has 2 N–H and O–H groups in total. The van der Waals surface area contributed by atoms with E-state index in [4.69, 9.17) is 4.74 Å². The molecular formula is C16H18N2O4S. The van der Waals surface area contributed by atoms with E-state index in [2.05, 4.69) is 10.6 Å². The zero-order chi connectivity index (χ0) is 16.9. The van der Waals surface area contributed by atoms with Crippen molar-refractivity contribution in [2.75, 3.05) is 18.7 Å². The highest BCUT2D eigenvalue weighted by atomic mass is 32.2. The average Bonchev–Trinajstić information content (AvgIpc) is 2.53. The molecule has 0 atom stereocenters. The minimum Gasteiger partial charge on any atom is -0.497 e. The van der Waals surface area contributed by atoms with Crippen LogP contribution in [0.1, 0.15) is 5.56 Å². The Bertz CT molecular complexity index is 769. The molecule has 7 heteroatoms. The van der Waals surface area contributed by atoms with Gasteiger partial charge < -0.3 is 15.4 Å². The number of amides is 2. The molecule has 0 aliphatic carbocycles. The Balaban J connectivity index is 1.89. The van der Waals surface area contributed by atoms with Crippen LogP contribution in [0.4, 0.5) is 10.5 Å². The Morgan fingerprint density at radius 3 is 2.17 bits per heavy atom. The Morgan fingerprint density at radius 1 is 1.04 bits per heavy atom. The lowest BCUT2D eigenvalue weighted by Crippen LogP contribution is -2.28. The van der Waals surface area contributed by atoms with Crippen molar-refractivity contribution in [1.82, 2.24) is 5.32 Å². The number of anilines is 1. The highest BCUT2D eigenvalue weighted by Crippen LogP contribution is 2.14. The first-order chi connectivity index (χ1) is 10.9. The van der Waals surface area contributed by atoms with Gasteiger partial charge in [0, 0.05) is 18.5 Å². The molecule has 0 saturated carbocycles. The van der Waals surface area contributed by atoms with Crippen molar-refractivity contribution in [2.45, 2.75) is 11.4 Å². The van der Waals surface area contributed by atoms with Crippen molar-refractivity contribution in [1.29, 1.82) is 0 Å². The number of methoxy groups -OCH3 is 1. The van der Waals surface area contributed by atoms with E-state index in [1.807, 2.05) is 24.3 Å². The third-order valence-corrected chi connectivity index (χ3v) is 4.28. The SMILES string of the molecule is COc1ccc(CNC(=O)Nc2ccc(S(C)(=O)=O)cc2)cc1. The van der Waals surface area contributed by atoms with E-state index in [0.717, 1.165) is 17.6 Å². The summed E-state index contributed by atoms with van der Waals surface area (Å²) in [5, 5.41) is 5.36. The van der Waals surface area contributed by atoms with E-state index in [1.165, 1.54) is 12.1 Å². The molecule has 0 bridgehead atoms. The number of sulfone groups is 1. The van der Waals surface area contributed by atoms with Gasteiger partial charge in [0.25, 0.3) is 0 Å². The monoisotopic (exact) mass is 334 g/mol. The van der Waals surface area contributed by atoms with Gasteiger partial charge in [0.1, 0.15) is 5.75 Å². The highest BCUT2D eigenvalue weighted by molar-refractivity contribution is 7.90. The Morgan fingerprint density at radius 2 is 1.65 bits per heavy atom. The molecule has 2 aromatic rings. The van der Waals surface area contributed by atoms with Crippen LogP contribution in [0, 0.1) is 0 Å². The zero-order valence-corrected chi connectivity index (χ0v) is 13.7. The maximum atomic E-state index is 11.8. The fourth-order valence-corrected chi connectivity index (χ4v) is 2.52. The first kappa shape index (κ1) is 16.8. The third kappa shape index (κ3) is 5.00. The molecule has 0 fully saturated rings. The summed E-state index contributed by atoms with van der Waals surface area (Å²) in [7, 11) is -1.65. The van der Waals surface area contributed by atoms with Crippen LogP contribution in [0.5, 0.6) is 5.75 Å². The van der Waals surface area contributed by atoms with Gasteiger partial charge in [-0.1, -0.05) is 12.1 Å². The van der Waals surface area contributed by atoms with Crippen LogP contribution in [0.25, 0.3) is 0 Å². The van der Waals surface area contributed by atoms with Gasteiger partial charge in [0.05, 0.1) is 12.0 Å². The predicted octanol–water partition coefficient (Wildman–Crippen LogP) is 2.42. The number of hydrogen-bond donors (Lipinski definition) is 2. The molecule has 0 spiro atoms. The van der Waals surface area contributed by atoms with Crippen molar-refractivity contribution in [3.8, 4) is 5.75 Å². The van der Waals surface area contributed by atoms with Gasteiger partial charge in [-0.25, -0.2) is 13.2 Å². The minimum atomic E-state index is -3.24. The Kier molecular flexibility index (Phi) is 5.23. The van der Waals surface area contributed by atoms with Gasteiger partial charge in [-0.15, -0.1) is 0 Å². The van der Waals surface area contributed by atoms with Crippen LogP contribution in [0.15, 0.2) is 53.4 Å². The number of hydrogen-bond acceptors (Lipinski definition) is 4. The highest BCUT2D eigenvalue weighted by Gasteiger charge is 2.07. The zero-order valence-electron chi connectivity index (χ0n) is 12.9. The molecule has 0 aliphatic heterocycles. The van der Waals surface area contributed by atoms with Crippen LogP contribution >= 0.6 is 0 Å². The summed E-state index contributed by atoms with van der Waals surface area (Å²) >= 11 is 0. The summed E-state index contributed by atoms with van der Waals surface area (Å²) in [4.78, 5) is 12.0. The standard InChI is InChI=1S/C16H18N2O4S/c1-22-14-7-3-12(4-8-14)11-17-16(19)18-13-5-9-15(10-6-13)23(2,20)21/h3-10H,11H2,1-2H3,(H2,17,18,19). The number of carbonyl (C=O) groups is 1. The molecule has 0 aliphatic rings. The Hall–Kier alpha value is -2.54. The van der Waals surface area contributed by atoms with Gasteiger partial charge in [-0.2, -0.15) is 0 Å². The molecule has 2 aromatic carbocycles. The molecular weight excluding hydrogens is 316 g/mol. The number of ether oxygens (including phenoxy) is 1. The summed E-state index contributed by atoms with van der Waals surface area (Å²) in [6.07, 6.45) is 1.14. The Labute approximate surface area is 135 Å². The molecule has 122 valence electrons. The molecule has 23 heavy (non-hydrogen) atoms. The van der Waals surface area contributed by atoms with Gasteiger partial charge in [0.15, 0.2) is 9.84 Å². The van der Waals surface area contributed by atoms with Crippen molar-refractivity contribution >= 4 is 21.6 Å². The number of benzene rings is 2. The van der Waals surface area contributed by atoms with E-state index in [-0.39, 0.29) is 10.9 Å². The molecule has 0 radical (unpaired) electrons. The molecule has 0 unspecified atom stereocenters. The lowest BCUT2D eigenvalue weighted by molar-refractivity contribution is 0.251. The van der Waals surface area contributed by atoms with E-state index in [1.54, 1.807) is 19.2 Å². The molecule has 0 heterocycles. The van der Waals surface area contributed by atoms with Gasteiger partial charge in [0.2, 0.25) is 0 Å². The minimum absolute atomic E-state index is 0.210. The summed E-state index contributed by atoms with van der Waals surface area (Å²) in [6.45, 7) is 0.372. The van der Waals surface area contributed by atoms with E-state index >= 15 is 0 Å². The summed E-state index contributed by atoms with van der Waals surface area (Å²) < 4.78 is 27.8. The maximum absolute atomic E-state index is 11.8. The van der Waals surface area contributed by atoms with Gasteiger partial charge in [-0.3, -0.25) is 0 Å². The third-order valence-electron chi connectivity index (χ3n) is 3.15. The number of carbonyl (C=O) groups excluding carboxylic acids is 1. The maximum Gasteiger partial charge on any atom is 0.319 e. The van der Waals surface area contributed by atoms with E-state index in [9.17, 15) is 13.2 Å². The second kappa shape index (κ2) is 7.15. The van der Waals surface area contributed by atoms with Crippen LogP contribution in [-0.2, 0) is 16.4 Å². The van der Waals surface area contributed by atoms with Gasteiger partial charge >= 0.3 is 6.03 Å². The first-order valence-electron chi connectivity index (χ1n) is 6.86. The van der Waals surface area contributed by atoms with Crippen molar-refractivity contribution in [2.24, 2.45) is 0 Å². The van der Waals surface area contributed by atoms with E-state index < -0.39 is 9.84 Å². The van der Waals surface area contributed by atoms with Crippen LogP contribution in [0.3, 0.4) is 0 Å². The topological polar surface area (TPSA) is 84.5 Å². The molecule has 0 saturated heterocycles. The fraction of sp³-hybridized carbons (Fsp3) is 0.188. The molecule has 2 amide bonds. The second-order valence-corrected chi connectivity index (χ2v) is 6.97. The van der Waals surface area contributed by atoms with Crippen molar-refractivity contribution in [3.63, 3.8) is 0 Å². The van der Waals surface area contributed by atoms with Crippen LogP contribution in [-0.4, -0.2) is 27.8 Å². The molecule has 6 nitrogen and oxygen atoms in total. The summed E-state index contributed by atoms with van der Waals surface area (Å²) in [5.41, 5.74) is 1.46. The average molecular weight is 334 g/mol. The smallest absolute Gasteiger partial charge is 0.319 e. The van der Waals surface area contributed by atoms with Crippen molar-refractivity contribution < 1.29 is 17.9 Å². The number of nitrogens with one attached hydrogen (secondary N) is 2. The number of urea groups is 1. The van der Waals surface area contributed by atoms with Crippen LogP contribution < -0.4 is 15.4 Å². The number of rotatable bonds is 5. The lowest BCUT2D eigenvalue weighted by Gasteiger charge is -2.08. The van der Waals surface area contributed by atoms with E-state index in [0.29, 0.717) is 12.2 Å². The second-order valence-electron chi connectivity index (χ2n) is 4.95. The van der Waals surface area contributed by atoms with Crippen molar-refractivity contribution in [3.05, 3.63) is 54.1 Å². The predicted molar refractivity (Wildman–Crippen MR) is 88.4 cm³/mol. The first-order valence-corrected chi connectivity index (χ1v) is 8.75. The summed E-state index contributed by atoms with van der Waals surface area (Å²) in [5.74, 6) is 0.754. The molecule has 2 rings (SSSR count). The lowest BCUT2D eigenvalue weighted by atomic mass is 10.2. The van der Waals surface area contributed by atoms with Crippen LogP contribution in [0.2, 0.25) is 0 Å². The van der Waals surface area contributed by atoms with Gasteiger partial charge in [-0.05, 0) is 42.0 Å². The largest absolute Gasteiger partial charge is 0.497 e. The fourth-order valence-electron chi connectivity index (χ4n) is 1.89. The molecule has 0 aromatic heterocycles. The quantitative estimate of drug-likeness (QED) is 0.879. The summed E-state index contributed by atoms with van der Waals surface area (Å²) in [6, 6.07) is 13.0.